The molecule has 4 nitrogen and oxygen atoms in total. The van der Waals surface area contributed by atoms with Gasteiger partial charge in [-0.3, -0.25) is 0 Å². The molecule has 94 valence electrons. The van der Waals surface area contributed by atoms with Crippen LogP contribution < -0.4 is 5.73 Å². The SMILES string of the molecule is Cc1cc(Br)c(C(N)COCC(=O)O)cc1Br. The Kier molecular flexibility index (Phi) is 5.58. The number of hydrogen-bond acceptors (Lipinski definition) is 3. The van der Waals surface area contributed by atoms with E-state index < -0.39 is 5.97 Å². The van der Waals surface area contributed by atoms with Crippen molar-refractivity contribution in [1.29, 1.82) is 0 Å². The molecular weight excluding hydrogens is 354 g/mol. The lowest BCUT2D eigenvalue weighted by atomic mass is 10.1. The summed E-state index contributed by atoms with van der Waals surface area (Å²) < 4.78 is 6.83. The third kappa shape index (κ3) is 4.39. The molecule has 0 aromatic heterocycles. The van der Waals surface area contributed by atoms with Crippen molar-refractivity contribution in [3.8, 4) is 0 Å². The molecule has 0 amide bonds. The first-order chi connectivity index (χ1) is 7.91. The van der Waals surface area contributed by atoms with Gasteiger partial charge >= 0.3 is 5.97 Å². The third-order valence-electron chi connectivity index (χ3n) is 2.20. The van der Waals surface area contributed by atoms with Gasteiger partial charge in [0.05, 0.1) is 12.6 Å². The maximum atomic E-state index is 10.3. The normalized spacial score (nSPS) is 12.5. The number of hydrogen-bond donors (Lipinski definition) is 2. The van der Waals surface area contributed by atoms with E-state index in [2.05, 4.69) is 31.9 Å². The molecule has 0 heterocycles. The van der Waals surface area contributed by atoms with Crippen LogP contribution in [0.4, 0.5) is 0 Å². The van der Waals surface area contributed by atoms with Crippen molar-refractivity contribution < 1.29 is 14.6 Å². The number of carboxylic acid groups (broad SMARTS) is 1. The number of carbonyl (C=O) groups is 1. The number of ether oxygens (including phenoxy) is 1. The highest BCUT2D eigenvalue weighted by atomic mass is 79.9. The average molecular weight is 367 g/mol. The monoisotopic (exact) mass is 365 g/mol. The molecule has 0 saturated carbocycles. The van der Waals surface area contributed by atoms with Gasteiger partial charge in [-0.15, -0.1) is 0 Å². The fraction of sp³-hybridized carbons (Fsp3) is 0.364. The quantitative estimate of drug-likeness (QED) is 0.840. The van der Waals surface area contributed by atoms with Gasteiger partial charge in [0.2, 0.25) is 0 Å². The van der Waals surface area contributed by atoms with E-state index in [0.29, 0.717) is 0 Å². The summed E-state index contributed by atoms with van der Waals surface area (Å²) >= 11 is 6.86. The Labute approximate surface area is 116 Å². The first-order valence-corrected chi connectivity index (χ1v) is 6.51. The Balaban J connectivity index is 2.71. The highest BCUT2D eigenvalue weighted by Gasteiger charge is 2.12. The van der Waals surface area contributed by atoms with Gasteiger partial charge in [-0.25, -0.2) is 4.79 Å². The van der Waals surface area contributed by atoms with Crippen molar-refractivity contribution in [3.63, 3.8) is 0 Å². The Hall–Kier alpha value is -0.430. The number of aliphatic carboxylic acids is 1. The molecule has 1 rings (SSSR count). The second-order valence-electron chi connectivity index (χ2n) is 3.64. The van der Waals surface area contributed by atoms with Crippen molar-refractivity contribution in [2.45, 2.75) is 13.0 Å². The van der Waals surface area contributed by atoms with Crippen LogP contribution in [-0.2, 0) is 9.53 Å². The number of rotatable bonds is 5. The van der Waals surface area contributed by atoms with Crippen molar-refractivity contribution in [2.24, 2.45) is 5.73 Å². The molecule has 1 atom stereocenters. The summed E-state index contributed by atoms with van der Waals surface area (Å²) in [4.78, 5) is 10.3. The molecule has 0 fully saturated rings. The molecule has 0 radical (unpaired) electrons. The smallest absolute Gasteiger partial charge is 0.329 e. The molecule has 3 N–H and O–H groups in total. The first-order valence-electron chi connectivity index (χ1n) is 4.92. The minimum absolute atomic E-state index is 0.167. The summed E-state index contributed by atoms with van der Waals surface area (Å²) in [5.41, 5.74) is 7.91. The van der Waals surface area contributed by atoms with E-state index >= 15 is 0 Å². The third-order valence-corrected chi connectivity index (χ3v) is 3.74. The molecule has 0 bridgehead atoms. The fourth-order valence-electron chi connectivity index (χ4n) is 1.31. The van der Waals surface area contributed by atoms with Crippen LogP contribution >= 0.6 is 31.9 Å². The zero-order valence-electron chi connectivity index (χ0n) is 9.24. The average Bonchev–Trinajstić information content (AvgIpc) is 2.22. The Bertz CT molecular complexity index is 423. The standard InChI is InChI=1S/C11H13Br2NO3/c1-6-2-9(13)7(3-8(6)12)10(14)4-17-5-11(15)16/h2-3,10H,4-5,14H2,1H3,(H,15,16). The largest absolute Gasteiger partial charge is 0.480 e. The lowest BCUT2D eigenvalue weighted by Crippen LogP contribution is -2.20. The fourth-order valence-corrected chi connectivity index (χ4v) is 2.42. The molecule has 1 aromatic rings. The molecule has 0 aliphatic rings. The lowest BCUT2D eigenvalue weighted by molar-refractivity contribution is -0.142. The van der Waals surface area contributed by atoms with Crippen LogP contribution in [0.1, 0.15) is 17.2 Å². The van der Waals surface area contributed by atoms with E-state index in [0.717, 1.165) is 20.1 Å². The van der Waals surface area contributed by atoms with Crippen LogP contribution in [0.5, 0.6) is 0 Å². The zero-order chi connectivity index (χ0) is 13.0. The van der Waals surface area contributed by atoms with E-state index in [1.165, 1.54) is 0 Å². The Morgan fingerprint density at radius 1 is 1.47 bits per heavy atom. The topological polar surface area (TPSA) is 72.5 Å². The van der Waals surface area contributed by atoms with Crippen LogP contribution in [0.25, 0.3) is 0 Å². The van der Waals surface area contributed by atoms with Crippen molar-refractivity contribution >= 4 is 37.8 Å². The molecule has 17 heavy (non-hydrogen) atoms. The van der Waals surface area contributed by atoms with E-state index in [1.807, 2.05) is 19.1 Å². The minimum atomic E-state index is -0.999. The molecule has 0 saturated heterocycles. The summed E-state index contributed by atoms with van der Waals surface area (Å²) in [7, 11) is 0. The van der Waals surface area contributed by atoms with Gasteiger partial charge in [0.25, 0.3) is 0 Å². The second-order valence-corrected chi connectivity index (χ2v) is 5.35. The van der Waals surface area contributed by atoms with E-state index in [9.17, 15) is 4.79 Å². The maximum Gasteiger partial charge on any atom is 0.329 e. The van der Waals surface area contributed by atoms with Gasteiger partial charge in [-0.2, -0.15) is 0 Å². The highest BCUT2D eigenvalue weighted by molar-refractivity contribution is 9.11. The van der Waals surface area contributed by atoms with Gasteiger partial charge in [-0.1, -0.05) is 31.9 Å². The number of carboxylic acids is 1. The summed E-state index contributed by atoms with van der Waals surface area (Å²) in [6.07, 6.45) is 0. The molecule has 6 heteroatoms. The van der Waals surface area contributed by atoms with E-state index in [1.54, 1.807) is 0 Å². The molecule has 1 aromatic carbocycles. The lowest BCUT2D eigenvalue weighted by Gasteiger charge is -2.15. The maximum absolute atomic E-state index is 10.3. The van der Waals surface area contributed by atoms with E-state index in [4.69, 9.17) is 15.6 Å². The molecule has 0 aliphatic carbocycles. The second kappa shape index (κ2) is 6.49. The highest BCUT2D eigenvalue weighted by Crippen LogP contribution is 2.28. The zero-order valence-corrected chi connectivity index (χ0v) is 12.4. The van der Waals surface area contributed by atoms with Crippen molar-refractivity contribution in [1.82, 2.24) is 0 Å². The number of aryl methyl sites for hydroxylation is 1. The van der Waals surface area contributed by atoms with Gasteiger partial charge in [0.1, 0.15) is 6.61 Å². The van der Waals surface area contributed by atoms with Gasteiger partial charge in [0.15, 0.2) is 0 Å². The number of benzene rings is 1. The predicted molar refractivity (Wildman–Crippen MR) is 72.0 cm³/mol. The van der Waals surface area contributed by atoms with Gasteiger partial charge < -0.3 is 15.6 Å². The number of nitrogens with two attached hydrogens (primary N) is 1. The van der Waals surface area contributed by atoms with Crippen molar-refractivity contribution in [2.75, 3.05) is 13.2 Å². The predicted octanol–water partition coefficient (Wildman–Crippen LogP) is 2.62. The molecule has 0 aliphatic heterocycles. The van der Waals surface area contributed by atoms with Crippen LogP contribution in [0, 0.1) is 6.92 Å². The molecular formula is C11H13Br2NO3. The van der Waals surface area contributed by atoms with Crippen LogP contribution in [-0.4, -0.2) is 24.3 Å². The summed E-state index contributed by atoms with van der Waals surface area (Å²) in [5, 5.41) is 8.45. The Morgan fingerprint density at radius 2 is 2.12 bits per heavy atom. The van der Waals surface area contributed by atoms with Gasteiger partial charge in [-0.05, 0) is 30.2 Å². The minimum Gasteiger partial charge on any atom is -0.480 e. The van der Waals surface area contributed by atoms with Crippen LogP contribution in [0.3, 0.4) is 0 Å². The summed E-state index contributed by atoms with van der Waals surface area (Å²) in [6.45, 7) is 1.81. The van der Waals surface area contributed by atoms with Crippen LogP contribution in [0.15, 0.2) is 21.1 Å². The van der Waals surface area contributed by atoms with Crippen LogP contribution in [0.2, 0.25) is 0 Å². The van der Waals surface area contributed by atoms with Crippen molar-refractivity contribution in [3.05, 3.63) is 32.2 Å². The summed E-state index contributed by atoms with van der Waals surface area (Å²) in [5.74, 6) is -0.999. The summed E-state index contributed by atoms with van der Waals surface area (Å²) in [6, 6.07) is 3.51. The Morgan fingerprint density at radius 3 is 2.71 bits per heavy atom. The first kappa shape index (κ1) is 14.6. The molecule has 1 unspecified atom stereocenters. The number of halogens is 2. The van der Waals surface area contributed by atoms with Gasteiger partial charge in [0, 0.05) is 8.95 Å². The molecule has 0 spiro atoms. The van der Waals surface area contributed by atoms with E-state index in [-0.39, 0.29) is 19.3 Å².